The predicted octanol–water partition coefficient (Wildman–Crippen LogP) is 1.91. The third-order valence-electron chi connectivity index (χ3n) is 4.56. The highest BCUT2D eigenvalue weighted by Crippen LogP contribution is 2.12. The quantitative estimate of drug-likeness (QED) is 0.203. The zero-order valence-electron chi connectivity index (χ0n) is 17.6. The van der Waals surface area contributed by atoms with Gasteiger partial charge in [-0.15, -0.1) is 24.0 Å². The Morgan fingerprint density at radius 3 is 2.69 bits per heavy atom. The number of carbonyl (C=O) groups excluding carboxylic acids is 1. The Kier molecular flexibility index (Phi) is 13.7. The van der Waals surface area contributed by atoms with Gasteiger partial charge in [-0.05, 0) is 24.8 Å². The summed E-state index contributed by atoms with van der Waals surface area (Å²) in [5.41, 5.74) is 1.27. The summed E-state index contributed by atoms with van der Waals surface area (Å²) >= 11 is 0. The molecule has 0 aromatic heterocycles. The Labute approximate surface area is 191 Å². The number of halogens is 1. The Morgan fingerprint density at radius 1 is 1.24 bits per heavy atom. The van der Waals surface area contributed by atoms with Crippen LogP contribution in [-0.4, -0.2) is 76.9 Å². The van der Waals surface area contributed by atoms with E-state index in [-0.39, 0.29) is 36.4 Å². The maximum absolute atomic E-state index is 11.8. The fourth-order valence-electron chi connectivity index (χ4n) is 2.78. The molecule has 1 unspecified atom stereocenters. The van der Waals surface area contributed by atoms with Gasteiger partial charge in [0.15, 0.2) is 5.96 Å². The van der Waals surface area contributed by atoms with Gasteiger partial charge in [-0.2, -0.15) is 0 Å². The molecule has 8 heteroatoms. The molecule has 1 aliphatic heterocycles. The lowest BCUT2D eigenvalue weighted by molar-refractivity contribution is -0.127. The van der Waals surface area contributed by atoms with Gasteiger partial charge in [-0.25, -0.2) is 4.99 Å². The van der Waals surface area contributed by atoms with Gasteiger partial charge in [0, 0.05) is 46.3 Å². The van der Waals surface area contributed by atoms with Crippen molar-refractivity contribution in [3.05, 3.63) is 35.9 Å². The van der Waals surface area contributed by atoms with Crippen LogP contribution >= 0.6 is 24.0 Å². The highest BCUT2D eigenvalue weighted by Gasteiger charge is 2.15. The van der Waals surface area contributed by atoms with Gasteiger partial charge in [0.05, 0.1) is 13.2 Å². The molecule has 0 aliphatic carbocycles. The van der Waals surface area contributed by atoms with E-state index >= 15 is 0 Å². The van der Waals surface area contributed by atoms with E-state index in [4.69, 9.17) is 9.47 Å². The lowest BCUT2D eigenvalue weighted by Crippen LogP contribution is -2.40. The molecular formula is C21H35IN4O3. The normalized spacial score (nSPS) is 16.2. The lowest BCUT2D eigenvalue weighted by atomic mass is 10.1. The molecule has 1 aliphatic rings. The first-order chi connectivity index (χ1) is 13.6. The molecule has 1 atom stereocenters. The number of hydrogen-bond acceptors (Lipinski definition) is 4. The number of aliphatic imine (C=N–C) groups is 1. The van der Waals surface area contributed by atoms with Crippen LogP contribution in [-0.2, 0) is 20.7 Å². The summed E-state index contributed by atoms with van der Waals surface area (Å²) in [4.78, 5) is 17.8. The number of rotatable bonds is 11. The van der Waals surface area contributed by atoms with Gasteiger partial charge < -0.3 is 25.0 Å². The first kappa shape index (κ1) is 25.6. The molecule has 2 rings (SSSR count). The molecule has 0 radical (unpaired) electrons. The maximum atomic E-state index is 11.8. The number of ether oxygens (including phenoxy) is 2. The fourth-order valence-corrected chi connectivity index (χ4v) is 2.78. The van der Waals surface area contributed by atoms with Crippen molar-refractivity contribution in [2.45, 2.75) is 19.3 Å². The molecule has 0 bridgehead atoms. The number of guanidine groups is 1. The Balaban J connectivity index is 0.00000420. The zero-order valence-corrected chi connectivity index (χ0v) is 19.9. The first-order valence-electron chi connectivity index (χ1n) is 10.1. The van der Waals surface area contributed by atoms with Crippen molar-refractivity contribution in [3.63, 3.8) is 0 Å². The number of amides is 1. The lowest BCUT2D eigenvalue weighted by Gasteiger charge is -2.14. The van der Waals surface area contributed by atoms with Gasteiger partial charge in [0.1, 0.15) is 6.54 Å². The van der Waals surface area contributed by atoms with Gasteiger partial charge in [-0.1, -0.05) is 30.3 Å². The third kappa shape index (κ3) is 11.4. The Bertz CT molecular complexity index is 593. The largest absolute Gasteiger partial charge is 0.381 e. The van der Waals surface area contributed by atoms with Crippen LogP contribution < -0.4 is 10.6 Å². The zero-order chi connectivity index (χ0) is 20.0. The molecule has 1 aromatic carbocycles. The van der Waals surface area contributed by atoms with Crippen molar-refractivity contribution in [1.82, 2.24) is 15.5 Å². The van der Waals surface area contributed by atoms with Gasteiger partial charge in [-0.3, -0.25) is 4.79 Å². The topological polar surface area (TPSA) is 75.2 Å². The molecule has 1 aromatic rings. The highest BCUT2D eigenvalue weighted by atomic mass is 127. The smallest absolute Gasteiger partial charge is 0.243 e. The van der Waals surface area contributed by atoms with E-state index in [1.165, 1.54) is 5.56 Å². The maximum Gasteiger partial charge on any atom is 0.243 e. The minimum atomic E-state index is -0.0220. The van der Waals surface area contributed by atoms with Crippen LogP contribution in [0, 0.1) is 5.92 Å². The van der Waals surface area contributed by atoms with Crippen LogP contribution in [0.15, 0.2) is 35.3 Å². The fraction of sp³-hybridized carbons (Fsp3) is 0.619. The van der Waals surface area contributed by atoms with Crippen molar-refractivity contribution in [2.75, 3.05) is 60.2 Å². The number of likely N-dealkylation sites (N-methyl/N-ethyl adjacent to an activating group) is 1. The van der Waals surface area contributed by atoms with E-state index in [1.807, 2.05) is 18.2 Å². The second-order valence-electron chi connectivity index (χ2n) is 7.20. The number of nitrogens with zero attached hydrogens (tertiary/aromatic N) is 2. The van der Waals surface area contributed by atoms with Gasteiger partial charge in [0.25, 0.3) is 0 Å². The number of benzene rings is 1. The minimum Gasteiger partial charge on any atom is -0.381 e. The van der Waals surface area contributed by atoms with Crippen LogP contribution in [0.25, 0.3) is 0 Å². The second kappa shape index (κ2) is 15.4. The van der Waals surface area contributed by atoms with Crippen molar-refractivity contribution in [3.8, 4) is 0 Å². The average molecular weight is 518 g/mol. The molecular weight excluding hydrogens is 483 g/mol. The van der Waals surface area contributed by atoms with Crippen molar-refractivity contribution >= 4 is 35.8 Å². The summed E-state index contributed by atoms with van der Waals surface area (Å²) < 4.78 is 11.1. The van der Waals surface area contributed by atoms with Crippen LogP contribution in [0.2, 0.25) is 0 Å². The average Bonchev–Trinajstić information content (AvgIpc) is 3.22. The van der Waals surface area contributed by atoms with E-state index < -0.39 is 0 Å². The van der Waals surface area contributed by atoms with Crippen molar-refractivity contribution < 1.29 is 14.3 Å². The minimum absolute atomic E-state index is 0. The summed E-state index contributed by atoms with van der Waals surface area (Å²) in [7, 11) is 3.47. The Hall–Kier alpha value is -1.39. The van der Waals surface area contributed by atoms with Crippen LogP contribution in [0.5, 0.6) is 0 Å². The van der Waals surface area contributed by atoms with E-state index in [9.17, 15) is 4.79 Å². The van der Waals surface area contributed by atoms with E-state index in [0.717, 1.165) is 52.2 Å². The van der Waals surface area contributed by atoms with Gasteiger partial charge in [0.2, 0.25) is 5.91 Å². The molecule has 7 nitrogen and oxygen atoms in total. The number of nitrogens with one attached hydrogen (secondary N) is 2. The summed E-state index contributed by atoms with van der Waals surface area (Å²) in [5.74, 6) is 1.18. The van der Waals surface area contributed by atoms with Crippen molar-refractivity contribution in [2.24, 2.45) is 10.9 Å². The summed E-state index contributed by atoms with van der Waals surface area (Å²) in [6.07, 6.45) is 2.88. The number of hydrogen-bond donors (Lipinski definition) is 2. The molecule has 2 N–H and O–H groups in total. The molecule has 1 saturated heterocycles. The molecule has 1 fully saturated rings. The monoisotopic (exact) mass is 518 g/mol. The molecule has 0 spiro atoms. The van der Waals surface area contributed by atoms with Crippen LogP contribution in [0.3, 0.4) is 0 Å². The van der Waals surface area contributed by atoms with E-state index in [2.05, 4.69) is 27.8 Å². The highest BCUT2D eigenvalue weighted by molar-refractivity contribution is 14.0. The molecule has 29 heavy (non-hydrogen) atoms. The number of carbonyl (C=O) groups is 1. The Morgan fingerprint density at radius 2 is 2.00 bits per heavy atom. The van der Waals surface area contributed by atoms with E-state index in [0.29, 0.717) is 18.5 Å². The summed E-state index contributed by atoms with van der Waals surface area (Å²) in [6.45, 7) is 4.78. The van der Waals surface area contributed by atoms with Crippen LogP contribution in [0.1, 0.15) is 18.4 Å². The molecule has 1 amide bonds. The predicted molar refractivity (Wildman–Crippen MR) is 127 cm³/mol. The summed E-state index contributed by atoms with van der Waals surface area (Å²) in [6, 6.07) is 10.3. The standard InChI is InChI=1S/C21H34N4O3.HI/c1-25(2)20(26)15-24-21(23-12-9-18-7-4-3-5-8-18)22-11-6-13-27-16-19-10-14-28-17-19;/h3-5,7-8,19H,6,9-17H2,1-2H3,(H2,22,23,24);1H. The molecule has 1 heterocycles. The second-order valence-corrected chi connectivity index (χ2v) is 7.20. The third-order valence-corrected chi connectivity index (χ3v) is 4.56. The van der Waals surface area contributed by atoms with Gasteiger partial charge >= 0.3 is 0 Å². The first-order valence-corrected chi connectivity index (χ1v) is 10.1. The molecule has 0 saturated carbocycles. The summed E-state index contributed by atoms with van der Waals surface area (Å²) in [5, 5.41) is 6.60. The van der Waals surface area contributed by atoms with Crippen molar-refractivity contribution in [1.29, 1.82) is 0 Å². The van der Waals surface area contributed by atoms with Crippen LogP contribution in [0.4, 0.5) is 0 Å². The molecule has 164 valence electrons. The SMILES string of the molecule is CN(C)C(=O)CN=C(NCCCOCC1CCOC1)NCCc1ccccc1.I. The van der Waals surface area contributed by atoms with E-state index in [1.54, 1.807) is 19.0 Å².